The van der Waals surface area contributed by atoms with E-state index in [-0.39, 0.29) is 0 Å². The Morgan fingerprint density at radius 1 is 0.885 bits per heavy atom. The zero-order chi connectivity index (χ0) is 18.1. The number of aryl methyl sites for hydroxylation is 2. The Kier molecular flexibility index (Phi) is 4.55. The molecule has 1 aliphatic rings. The molecule has 0 spiro atoms. The van der Waals surface area contributed by atoms with E-state index in [9.17, 15) is 0 Å². The Labute approximate surface area is 157 Å². The maximum Gasteiger partial charge on any atom is 0.0420 e. The van der Waals surface area contributed by atoms with Crippen LogP contribution in [0.25, 0.3) is 11.1 Å². The second-order valence-electron chi connectivity index (χ2n) is 7.92. The van der Waals surface area contributed by atoms with E-state index < -0.39 is 0 Å². The molecule has 0 fully saturated rings. The Hall–Kier alpha value is -2.54. The minimum absolute atomic E-state index is 0.750. The molecule has 1 nitrogen and oxygen atoms in total. The minimum atomic E-state index is 0.750. The van der Waals surface area contributed by atoms with Gasteiger partial charge >= 0.3 is 0 Å². The van der Waals surface area contributed by atoms with E-state index in [2.05, 4.69) is 86.8 Å². The molecular weight excluding hydrogens is 314 g/mol. The van der Waals surface area contributed by atoms with Crippen LogP contribution in [0.3, 0.4) is 0 Å². The number of benzene rings is 3. The summed E-state index contributed by atoms with van der Waals surface area (Å²) >= 11 is 0. The minimum Gasteiger partial charge on any atom is -0.355 e. The lowest BCUT2D eigenvalue weighted by atomic mass is 9.97. The third-order valence-electron chi connectivity index (χ3n) is 5.36. The van der Waals surface area contributed by atoms with Crippen LogP contribution in [0.1, 0.15) is 42.5 Å². The highest BCUT2D eigenvalue weighted by Gasteiger charge is 2.20. The summed E-state index contributed by atoms with van der Waals surface area (Å²) in [5, 5.41) is 3.59. The van der Waals surface area contributed by atoms with Crippen molar-refractivity contribution in [2.75, 3.05) is 5.32 Å². The SMILES string of the molecule is Cc1cc2c(cc1Nc1ccccc1)-c1cc(CCC(C)C)ccc1C2. The fraction of sp³-hybridized carbons (Fsp3) is 0.280. The second-order valence-corrected chi connectivity index (χ2v) is 7.92. The first-order chi connectivity index (χ1) is 12.6. The molecule has 0 aromatic heterocycles. The maximum absolute atomic E-state index is 3.59. The number of anilines is 2. The van der Waals surface area contributed by atoms with E-state index >= 15 is 0 Å². The molecule has 0 radical (unpaired) electrons. The van der Waals surface area contributed by atoms with Crippen LogP contribution in [-0.4, -0.2) is 0 Å². The molecular formula is C25H27N. The fourth-order valence-corrected chi connectivity index (χ4v) is 3.82. The Bertz CT molecular complexity index is 922. The molecule has 0 aliphatic heterocycles. The second kappa shape index (κ2) is 6.99. The number of hydrogen-bond donors (Lipinski definition) is 1. The third-order valence-corrected chi connectivity index (χ3v) is 5.36. The lowest BCUT2D eigenvalue weighted by Gasteiger charge is -2.13. The van der Waals surface area contributed by atoms with E-state index in [1.807, 2.05) is 0 Å². The van der Waals surface area contributed by atoms with Crippen molar-refractivity contribution in [3.63, 3.8) is 0 Å². The first-order valence-corrected chi connectivity index (χ1v) is 9.68. The van der Waals surface area contributed by atoms with Gasteiger partial charge in [-0.25, -0.2) is 0 Å². The lowest BCUT2D eigenvalue weighted by Crippen LogP contribution is -1.95. The molecule has 0 saturated carbocycles. The highest BCUT2D eigenvalue weighted by molar-refractivity contribution is 5.82. The summed E-state index contributed by atoms with van der Waals surface area (Å²) < 4.78 is 0. The lowest BCUT2D eigenvalue weighted by molar-refractivity contribution is 0.587. The van der Waals surface area contributed by atoms with E-state index in [4.69, 9.17) is 0 Å². The third kappa shape index (κ3) is 3.39. The van der Waals surface area contributed by atoms with Gasteiger partial charge in [0.1, 0.15) is 0 Å². The Balaban J connectivity index is 1.67. The summed E-state index contributed by atoms with van der Waals surface area (Å²) in [6, 6.07) is 22.2. The molecule has 132 valence electrons. The van der Waals surface area contributed by atoms with Crippen molar-refractivity contribution in [2.24, 2.45) is 5.92 Å². The fourth-order valence-electron chi connectivity index (χ4n) is 3.82. The van der Waals surface area contributed by atoms with E-state index in [0.29, 0.717) is 0 Å². The van der Waals surface area contributed by atoms with Gasteiger partial charge in [0.05, 0.1) is 0 Å². The van der Waals surface area contributed by atoms with Crippen LogP contribution in [0.2, 0.25) is 0 Å². The number of para-hydroxylation sites is 1. The van der Waals surface area contributed by atoms with E-state index in [1.165, 1.54) is 51.9 Å². The number of nitrogens with one attached hydrogen (secondary N) is 1. The summed E-state index contributed by atoms with van der Waals surface area (Å²) in [7, 11) is 0. The van der Waals surface area contributed by atoms with Gasteiger partial charge in [-0.15, -0.1) is 0 Å². The molecule has 26 heavy (non-hydrogen) atoms. The molecule has 0 atom stereocenters. The number of fused-ring (bicyclic) bond motifs is 3. The van der Waals surface area contributed by atoms with Crippen molar-refractivity contribution >= 4 is 11.4 Å². The van der Waals surface area contributed by atoms with Crippen LogP contribution in [-0.2, 0) is 12.8 Å². The van der Waals surface area contributed by atoms with Crippen LogP contribution in [0.4, 0.5) is 11.4 Å². The monoisotopic (exact) mass is 341 g/mol. The zero-order valence-electron chi connectivity index (χ0n) is 16.0. The van der Waals surface area contributed by atoms with Crippen LogP contribution in [0, 0.1) is 12.8 Å². The van der Waals surface area contributed by atoms with E-state index in [0.717, 1.165) is 18.0 Å². The van der Waals surface area contributed by atoms with Gasteiger partial charge in [0.15, 0.2) is 0 Å². The van der Waals surface area contributed by atoms with Crippen LogP contribution >= 0.6 is 0 Å². The first kappa shape index (κ1) is 16.9. The van der Waals surface area contributed by atoms with Gasteiger partial charge in [-0.1, -0.05) is 56.3 Å². The first-order valence-electron chi connectivity index (χ1n) is 9.68. The van der Waals surface area contributed by atoms with E-state index in [1.54, 1.807) is 0 Å². The molecule has 3 aromatic rings. The van der Waals surface area contributed by atoms with Gasteiger partial charge in [0, 0.05) is 11.4 Å². The summed E-state index contributed by atoms with van der Waals surface area (Å²) in [6.07, 6.45) is 3.48. The highest BCUT2D eigenvalue weighted by Crippen LogP contribution is 2.40. The average molecular weight is 341 g/mol. The van der Waals surface area contributed by atoms with Crippen molar-refractivity contribution in [1.82, 2.24) is 0 Å². The van der Waals surface area contributed by atoms with Crippen molar-refractivity contribution < 1.29 is 0 Å². The molecule has 1 heteroatoms. The Morgan fingerprint density at radius 3 is 2.42 bits per heavy atom. The molecule has 0 unspecified atom stereocenters. The van der Waals surface area contributed by atoms with Gasteiger partial charge in [-0.2, -0.15) is 0 Å². The van der Waals surface area contributed by atoms with Gasteiger partial charge in [-0.05, 0) is 83.7 Å². The molecule has 0 bridgehead atoms. The van der Waals surface area contributed by atoms with Crippen LogP contribution < -0.4 is 5.32 Å². The standard InChI is InChI=1S/C25H27N/c1-17(2)9-10-19-11-12-20-15-21-13-18(3)25(16-24(21)23(20)14-19)26-22-7-5-4-6-8-22/h4-8,11-14,16-17,26H,9-10,15H2,1-3H3. The summed E-state index contributed by atoms with van der Waals surface area (Å²) in [5.74, 6) is 0.750. The normalized spacial score (nSPS) is 12.2. The van der Waals surface area contributed by atoms with Gasteiger partial charge in [-0.3, -0.25) is 0 Å². The molecule has 1 N–H and O–H groups in total. The largest absolute Gasteiger partial charge is 0.355 e. The summed E-state index contributed by atoms with van der Waals surface area (Å²) in [5.41, 5.74) is 10.9. The highest BCUT2D eigenvalue weighted by atomic mass is 14.9. The number of hydrogen-bond acceptors (Lipinski definition) is 1. The molecule has 0 saturated heterocycles. The average Bonchev–Trinajstić information content (AvgIpc) is 2.98. The molecule has 3 aromatic carbocycles. The summed E-state index contributed by atoms with van der Waals surface area (Å²) in [6.45, 7) is 6.79. The molecule has 0 amide bonds. The van der Waals surface area contributed by atoms with Crippen molar-refractivity contribution in [3.8, 4) is 11.1 Å². The maximum atomic E-state index is 3.59. The smallest absolute Gasteiger partial charge is 0.0420 e. The molecule has 1 aliphatic carbocycles. The molecule has 0 heterocycles. The van der Waals surface area contributed by atoms with Crippen molar-refractivity contribution in [2.45, 2.75) is 40.0 Å². The van der Waals surface area contributed by atoms with Gasteiger partial charge in [0.25, 0.3) is 0 Å². The topological polar surface area (TPSA) is 12.0 Å². The number of rotatable bonds is 5. The van der Waals surface area contributed by atoms with Crippen LogP contribution in [0.5, 0.6) is 0 Å². The quantitative estimate of drug-likeness (QED) is 0.416. The van der Waals surface area contributed by atoms with Gasteiger partial charge < -0.3 is 5.32 Å². The Morgan fingerprint density at radius 2 is 1.65 bits per heavy atom. The van der Waals surface area contributed by atoms with Crippen molar-refractivity contribution in [1.29, 1.82) is 0 Å². The van der Waals surface area contributed by atoms with Gasteiger partial charge in [0.2, 0.25) is 0 Å². The zero-order valence-corrected chi connectivity index (χ0v) is 16.0. The predicted molar refractivity (Wildman–Crippen MR) is 112 cm³/mol. The summed E-state index contributed by atoms with van der Waals surface area (Å²) in [4.78, 5) is 0. The molecule has 4 rings (SSSR count). The van der Waals surface area contributed by atoms with Crippen molar-refractivity contribution in [3.05, 3.63) is 82.9 Å². The van der Waals surface area contributed by atoms with Crippen LogP contribution in [0.15, 0.2) is 60.7 Å². The predicted octanol–water partition coefficient (Wildman–Crippen LogP) is 6.90.